The number of hydrogen-bond acceptors (Lipinski definition) is 4. The first-order valence-electron chi connectivity index (χ1n) is 7.80. The molecule has 4 heteroatoms. The lowest BCUT2D eigenvalue weighted by molar-refractivity contribution is 0.103. The van der Waals surface area contributed by atoms with Gasteiger partial charge in [0.15, 0.2) is 0 Å². The molecule has 4 rings (SSSR count). The van der Waals surface area contributed by atoms with Gasteiger partial charge in [0.1, 0.15) is 10.8 Å². The van der Waals surface area contributed by atoms with Crippen LogP contribution in [0.5, 0.6) is 5.75 Å². The fourth-order valence-corrected chi connectivity index (χ4v) is 3.96. The number of ketones is 1. The molecule has 1 aromatic heterocycles. The second kappa shape index (κ2) is 6.06. The Morgan fingerprint density at radius 1 is 1.04 bits per heavy atom. The summed E-state index contributed by atoms with van der Waals surface area (Å²) < 4.78 is 0. The van der Waals surface area contributed by atoms with Crippen LogP contribution in [-0.2, 0) is 6.42 Å². The molecule has 3 nitrogen and oxygen atoms in total. The number of phenols is 1. The third kappa shape index (κ3) is 2.76. The summed E-state index contributed by atoms with van der Waals surface area (Å²) in [4.78, 5) is 18.2. The molecule has 1 aliphatic rings. The normalized spacial score (nSPS) is 15.5. The molecule has 0 atom stereocenters. The predicted molar refractivity (Wildman–Crippen MR) is 96.3 cm³/mol. The van der Waals surface area contributed by atoms with Crippen molar-refractivity contribution in [3.8, 4) is 16.3 Å². The van der Waals surface area contributed by atoms with Crippen LogP contribution in [0.3, 0.4) is 0 Å². The van der Waals surface area contributed by atoms with Crippen molar-refractivity contribution >= 4 is 23.2 Å². The molecule has 0 saturated heterocycles. The van der Waals surface area contributed by atoms with E-state index in [1.54, 1.807) is 18.2 Å². The zero-order chi connectivity index (χ0) is 16.5. The first-order chi connectivity index (χ1) is 11.7. The van der Waals surface area contributed by atoms with Crippen LogP contribution in [0.2, 0.25) is 0 Å². The van der Waals surface area contributed by atoms with E-state index < -0.39 is 0 Å². The van der Waals surface area contributed by atoms with E-state index in [2.05, 4.69) is 4.98 Å². The summed E-state index contributed by atoms with van der Waals surface area (Å²) >= 11 is 1.46. The first kappa shape index (κ1) is 14.8. The summed E-state index contributed by atoms with van der Waals surface area (Å²) in [5.41, 5.74) is 3.56. The number of carbonyl (C=O) groups excluding carboxylic acids is 1. The molecule has 1 heterocycles. The number of fused-ring (bicyclic) bond motifs is 1. The van der Waals surface area contributed by atoms with Crippen molar-refractivity contribution in [2.24, 2.45) is 0 Å². The summed E-state index contributed by atoms with van der Waals surface area (Å²) in [5.74, 6) is 0.261. The smallest absolute Gasteiger partial charge is 0.200 e. The zero-order valence-electron chi connectivity index (χ0n) is 12.9. The molecular weight excluding hydrogens is 318 g/mol. The molecular formula is C20H15NO2S. The Bertz CT molecular complexity index is 941. The van der Waals surface area contributed by atoms with Gasteiger partial charge in [-0.3, -0.25) is 4.79 Å². The number of nitrogens with zero attached hydrogens (tertiary/aromatic N) is 1. The summed E-state index contributed by atoms with van der Waals surface area (Å²) in [7, 11) is 0. The van der Waals surface area contributed by atoms with Gasteiger partial charge < -0.3 is 5.11 Å². The van der Waals surface area contributed by atoms with E-state index in [1.807, 2.05) is 42.5 Å². The molecule has 0 radical (unpaired) electrons. The van der Waals surface area contributed by atoms with Crippen molar-refractivity contribution in [3.63, 3.8) is 0 Å². The largest absolute Gasteiger partial charge is 0.508 e. The number of carbonyl (C=O) groups is 1. The molecule has 2 aromatic carbocycles. The van der Waals surface area contributed by atoms with Crippen molar-refractivity contribution < 1.29 is 9.90 Å². The quantitative estimate of drug-likeness (QED) is 0.690. The van der Waals surface area contributed by atoms with Crippen LogP contribution in [0.4, 0.5) is 0 Å². The summed E-state index contributed by atoms with van der Waals surface area (Å²) in [5, 5.41) is 10.5. The fraction of sp³-hybridized carbons (Fsp3) is 0.100. The molecule has 0 amide bonds. The fourth-order valence-electron chi connectivity index (χ4n) is 2.87. The van der Waals surface area contributed by atoms with Crippen molar-refractivity contribution in [1.82, 2.24) is 4.98 Å². The third-order valence-corrected chi connectivity index (χ3v) is 5.20. The van der Waals surface area contributed by atoms with Crippen LogP contribution in [0, 0.1) is 0 Å². The van der Waals surface area contributed by atoms with Gasteiger partial charge in [0, 0.05) is 11.1 Å². The number of aromatic nitrogens is 1. The van der Waals surface area contributed by atoms with Crippen LogP contribution in [-0.4, -0.2) is 15.9 Å². The average Bonchev–Trinajstić information content (AvgIpc) is 3.03. The van der Waals surface area contributed by atoms with Gasteiger partial charge >= 0.3 is 0 Å². The van der Waals surface area contributed by atoms with Gasteiger partial charge in [-0.25, -0.2) is 4.98 Å². The molecule has 0 fully saturated rings. The van der Waals surface area contributed by atoms with E-state index in [4.69, 9.17) is 0 Å². The van der Waals surface area contributed by atoms with E-state index in [0.29, 0.717) is 6.42 Å². The molecule has 0 aliphatic heterocycles. The van der Waals surface area contributed by atoms with Gasteiger partial charge in [-0.05, 0) is 36.6 Å². The number of aryl methyl sites for hydroxylation is 1. The van der Waals surface area contributed by atoms with Crippen LogP contribution < -0.4 is 0 Å². The second-order valence-corrected chi connectivity index (χ2v) is 6.75. The van der Waals surface area contributed by atoms with E-state index in [0.717, 1.165) is 38.7 Å². The highest BCUT2D eigenvalue weighted by Gasteiger charge is 2.26. The number of aromatic hydroxyl groups is 1. The highest BCUT2D eigenvalue weighted by atomic mass is 32.1. The Labute approximate surface area is 143 Å². The number of benzene rings is 2. The standard InChI is InChI=1S/C20H15NO2S/c22-16-8-4-5-13(12-16)11-15-9-10-17-19(18(15)23)24-20(21-17)14-6-2-1-3-7-14/h1-8,11-12,22H,9-10H2. The highest BCUT2D eigenvalue weighted by molar-refractivity contribution is 7.17. The molecule has 3 aromatic rings. The Hall–Kier alpha value is -2.72. The lowest BCUT2D eigenvalue weighted by Crippen LogP contribution is -2.11. The SMILES string of the molecule is O=C1C(=Cc2cccc(O)c2)CCc2nc(-c3ccccc3)sc21. The number of Topliss-reactive ketones (excluding diaryl/α,β-unsaturated/α-hetero) is 1. The van der Waals surface area contributed by atoms with Crippen LogP contribution in [0.25, 0.3) is 16.6 Å². The van der Waals surface area contributed by atoms with Crippen molar-refractivity contribution in [3.05, 3.63) is 76.3 Å². The highest BCUT2D eigenvalue weighted by Crippen LogP contribution is 2.35. The van der Waals surface area contributed by atoms with Gasteiger partial charge in [-0.15, -0.1) is 11.3 Å². The van der Waals surface area contributed by atoms with Gasteiger partial charge in [0.25, 0.3) is 0 Å². The van der Waals surface area contributed by atoms with Crippen molar-refractivity contribution in [2.45, 2.75) is 12.8 Å². The first-order valence-corrected chi connectivity index (χ1v) is 8.62. The Morgan fingerprint density at radius 2 is 1.88 bits per heavy atom. The number of allylic oxidation sites excluding steroid dienone is 1. The molecule has 0 saturated carbocycles. The molecule has 1 N–H and O–H groups in total. The van der Waals surface area contributed by atoms with Gasteiger partial charge in [0.05, 0.1) is 10.6 Å². The minimum absolute atomic E-state index is 0.0549. The summed E-state index contributed by atoms with van der Waals surface area (Å²) in [6.45, 7) is 0. The van der Waals surface area contributed by atoms with Gasteiger partial charge in [-0.2, -0.15) is 0 Å². The molecule has 24 heavy (non-hydrogen) atoms. The lowest BCUT2D eigenvalue weighted by atomic mass is 9.94. The van der Waals surface area contributed by atoms with Gasteiger partial charge in [0.2, 0.25) is 5.78 Å². The summed E-state index contributed by atoms with van der Waals surface area (Å²) in [6.07, 6.45) is 3.32. The predicted octanol–water partition coefficient (Wildman–Crippen LogP) is 4.73. The molecule has 0 spiro atoms. The maximum absolute atomic E-state index is 12.8. The number of phenolic OH excluding ortho intramolecular Hbond substituents is 1. The Kier molecular flexibility index (Phi) is 3.75. The number of rotatable bonds is 2. The zero-order valence-corrected chi connectivity index (χ0v) is 13.7. The second-order valence-electron chi connectivity index (χ2n) is 5.75. The minimum atomic E-state index is 0.0549. The molecule has 118 valence electrons. The summed E-state index contributed by atoms with van der Waals surface area (Å²) in [6, 6.07) is 16.9. The maximum atomic E-state index is 12.8. The third-order valence-electron chi connectivity index (χ3n) is 4.06. The van der Waals surface area contributed by atoms with Crippen LogP contribution in [0.15, 0.2) is 60.2 Å². The van der Waals surface area contributed by atoms with E-state index in [1.165, 1.54) is 11.3 Å². The van der Waals surface area contributed by atoms with E-state index >= 15 is 0 Å². The number of thiazole rings is 1. The van der Waals surface area contributed by atoms with Crippen molar-refractivity contribution in [1.29, 1.82) is 0 Å². The maximum Gasteiger partial charge on any atom is 0.200 e. The minimum Gasteiger partial charge on any atom is -0.508 e. The average molecular weight is 333 g/mol. The Morgan fingerprint density at radius 3 is 2.67 bits per heavy atom. The topological polar surface area (TPSA) is 50.2 Å². The number of hydrogen-bond donors (Lipinski definition) is 1. The van der Waals surface area contributed by atoms with E-state index in [9.17, 15) is 9.90 Å². The molecule has 0 unspecified atom stereocenters. The molecule has 0 bridgehead atoms. The van der Waals surface area contributed by atoms with E-state index in [-0.39, 0.29) is 11.5 Å². The van der Waals surface area contributed by atoms with Crippen LogP contribution >= 0.6 is 11.3 Å². The van der Waals surface area contributed by atoms with Gasteiger partial charge in [-0.1, -0.05) is 42.5 Å². The Balaban J connectivity index is 1.69. The monoisotopic (exact) mass is 333 g/mol. The lowest BCUT2D eigenvalue weighted by Gasteiger charge is -2.12. The van der Waals surface area contributed by atoms with Crippen LogP contribution in [0.1, 0.15) is 27.3 Å². The van der Waals surface area contributed by atoms with Crippen molar-refractivity contribution in [2.75, 3.05) is 0 Å². The molecule has 1 aliphatic carbocycles.